The van der Waals surface area contributed by atoms with Crippen LogP contribution in [-0.2, 0) is 9.53 Å². The van der Waals surface area contributed by atoms with E-state index in [-0.39, 0.29) is 18.4 Å². The number of carbonyl (C=O) groups is 2. The SMILES string of the molecule is CCCOc1ccc(C(=O)N2C[C@H]3COCC[C@@]3(C(=O)O)C2)cc1OCC. The molecule has 2 aliphatic heterocycles. The van der Waals surface area contributed by atoms with Gasteiger partial charge in [-0.25, -0.2) is 0 Å². The van der Waals surface area contributed by atoms with Crippen molar-refractivity contribution in [1.29, 1.82) is 0 Å². The molecule has 148 valence electrons. The van der Waals surface area contributed by atoms with Crippen molar-refractivity contribution in [3.05, 3.63) is 23.8 Å². The fourth-order valence-electron chi connectivity index (χ4n) is 3.88. The van der Waals surface area contributed by atoms with Gasteiger partial charge in [0.2, 0.25) is 0 Å². The van der Waals surface area contributed by atoms with Gasteiger partial charge in [0.1, 0.15) is 0 Å². The van der Waals surface area contributed by atoms with Gasteiger partial charge in [-0.2, -0.15) is 0 Å². The van der Waals surface area contributed by atoms with Crippen molar-refractivity contribution in [1.82, 2.24) is 4.90 Å². The molecule has 1 aromatic carbocycles. The largest absolute Gasteiger partial charge is 0.490 e. The lowest BCUT2D eigenvalue weighted by atomic mass is 9.74. The highest BCUT2D eigenvalue weighted by molar-refractivity contribution is 5.96. The Morgan fingerprint density at radius 1 is 1.30 bits per heavy atom. The molecule has 3 rings (SSSR count). The number of amides is 1. The number of nitrogens with zero attached hydrogens (tertiary/aromatic N) is 1. The van der Waals surface area contributed by atoms with Gasteiger partial charge in [0.25, 0.3) is 5.91 Å². The van der Waals surface area contributed by atoms with Crippen LogP contribution in [0.2, 0.25) is 0 Å². The minimum absolute atomic E-state index is 0.175. The molecule has 2 fully saturated rings. The highest BCUT2D eigenvalue weighted by atomic mass is 16.5. The molecule has 1 N–H and O–H groups in total. The summed E-state index contributed by atoms with van der Waals surface area (Å²) in [6.45, 7) is 6.34. The van der Waals surface area contributed by atoms with Crippen LogP contribution in [0.15, 0.2) is 18.2 Å². The minimum Gasteiger partial charge on any atom is -0.490 e. The summed E-state index contributed by atoms with van der Waals surface area (Å²) in [5, 5.41) is 9.77. The molecule has 7 nitrogen and oxygen atoms in total. The lowest BCUT2D eigenvalue weighted by molar-refractivity contribution is -0.157. The van der Waals surface area contributed by atoms with Crippen LogP contribution in [0.1, 0.15) is 37.0 Å². The maximum atomic E-state index is 13.0. The predicted octanol–water partition coefficient (Wildman–Crippen LogP) is 2.44. The van der Waals surface area contributed by atoms with Gasteiger partial charge < -0.3 is 24.2 Å². The normalized spacial score (nSPS) is 24.4. The van der Waals surface area contributed by atoms with Crippen LogP contribution >= 0.6 is 0 Å². The van der Waals surface area contributed by atoms with E-state index in [1.807, 2.05) is 13.8 Å². The number of ether oxygens (including phenoxy) is 3. The summed E-state index contributed by atoms with van der Waals surface area (Å²) in [5.41, 5.74) is -0.428. The molecule has 1 aromatic rings. The van der Waals surface area contributed by atoms with Gasteiger partial charge in [0, 0.05) is 31.2 Å². The molecule has 2 saturated heterocycles. The van der Waals surface area contributed by atoms with Gasteiger partial charge in [-0.05, 0) is 38.0 Å². The molecule has 0 unspecified atom stereocenters. The summed E-state index contributed by atoms with van der Waals surface area (Å²) in [6, 6.07) is 5.14. The highest BCUT2D eigenvalue weighted by Crippen LogP contribution is 2.43. The van der Waals surface area contributed by atoms with Gasteiger partial charge in [-0.1, -0.05) is 6.92 Å². The first-order chi connectivity index (χ1) is 13.0. The number of carboxylic acid groups (broad SMARTS) is 1. The van der Waals surface area contributed by atoms with E-state index in [1.165, 1.54) is 0 Å². The second-order valence-electron chi connectivity index (χ2n) is 7.11. The van der Waals surface area contributed by atoms with Gasteiger partial charge in [0.05, 0.1) is 25.2 Å². The number of rotatable bonds is 7. The smallest absolute Gasteiger partial charge is 0.311 e. The van der Waals surface area contributed by atoms with Gasteiger partial charge >= 0.3 is 5.97 Å². The summed E-state index contributed by atoms with van der Waals surface area (Å²) in [4.78, 5) is 26.6. The Morgan fingerprint density at radius 3 is 2.78 bits per heavy atom. The van der Waals surface area contributed by atoms with E-state index in [1.54, 1.807) is 23.1 Å². The van der Waals surface area contributed by atoms with Crippen LogP contribution in [0.4, 0.5) is 0 Å². The van der Waals surface area contributed by atoms with Crippen LogP contribution < -0.4 is 9.47 Å². The first-order valence-corrected chi connectivity index (χ1v) is 9.52. The van der Waals surface area contributed by atoms with Gasteiger partial charge in [-0.15, -0.1) is 0 Å². The van der Waals surface area contributed by atoms with Crippen molar-refractivity contribution < 1.29 is 28.9 Å². The topological polar surface area (TPSA) is 85.3 Å². The van der Waals surface area contributed by atoms with Crippen LogP contribution in [0, 0.1) is 11.3 Å². The van der Waals surface area contributed by atoms with E-state index in [0.29, 0.717) is 56.5 Å². The number of carbonyl (C=O) groups excluding carboxylic acids is 1. The molecule has 0 bridgehead atoms. The molecule has 1 amide bonds. The third-order valence-corrected chi connectivity index (χ3v) is 5.37. The quantitative estimate of drug-likeness (QED) is 0.786. The molecule has 2 heterocycles. The monoisotopic (exact) mass is 377 g/mol. The van der Waals surface area contributed by atoms with Crippen molar-refractivity contribution in [3.63, 3.8) is 0 Å². The highest BCUT2D eigenvalue weighted by Gasteiger charge is 2.54. The molecule has 7 heteroatoms. The Balaban J connectivity index is 1.81. The number of fused-ring (bicyclic) bond motifs is 1. The zero-order valence-electron chi connectivity index (χ0n) is 15.9. The lowest BCUT2D eigenvalue weighted by Gasteiger charge is -2.33. The second kappa shape index (κ2) is 8.17. The van der Waals surface area contributed by atoms with E-state index in [4.69, 9.17) is 14.2 Å². The molecular weight excluding hydrogens is 350 g/mol. The number of aliphatic carboxylic acids is 1. The van der Waals surface area contributed by atoms with E-state index in [0.717, 1.165) is 6.42 Å². The fraction of sp³-hybridized carbons (Fsp3) is 0.600. The van der Waals surface area contributed by atoms with Crippen molar-refractivity contribution in [2.24, 2.45) is 11.3 Å². The molecule has 0 radical (unpaired) electrons. The van der Waals surface area contributed by atoms with Crippen molar-refractivity contribution in [3.8, 4) is 11.5 Å². The summed E-state index contributed by atoms with van der Waals surface area (Å²) in [7, 11) is 0. The van der Waals surface area contributed by atoms with Crippen LogP contribution in [0.3, 0.4) is 0 Å². The molecule has 27 heavy (non-hydrogen) atoms. The zero-order valence-corrected chi connectivity index (χ0v) is 15.9. The first kappa shape index (κ1) is 19.5. The number of benzene rings is 1. The first-order valence-electron chi connectivity index (χ1n) is 9.52. The summed E-state index contributed by atoms with van der Waals surface area (Å²) >= 11 is 0. The van der Waals surface area contributed by atoms with E-state index in [9.17, 15) is 14.7 Å². The lowest BCUT2D eigenvalue weighted by Crippen LogP contribution is -2.45. The summed E-state index contributed by atoms with van der Waals surface area (Å²) in [6.07, 6.45) is 1.31. The van der Waals surface area contributed by atoms with Gasteiger partial charge in [-0.3, -0.25) is 9.59 Å². The summed E-state index contributed by atoms with van der Waals surface area (Å²) in [5.74, 6) is -0.0610. The average Bonchev–Trinajstić information content (AvgIpc) is 3.08. The second-order valence-corrected chi connectivity index (χ2v) is 7.11. The van der Waals surface area contributed by atoms with Crippen molar-refractivity contribution in [2.75, 3.05) is 39.5 Å². The number of carboxylic acids is 1. The Kier molecular flexibility index (Phi) is 5.89. The third kappa shape index (κ3) is 3.74. The number of likely N-dealkylation sites (tertiary alicyclic amines) is 1. The van der Waals surface area contributed by atoms with E-state index >= 15 is 0 Å². The maximum Gasteiger partial charge on any atom is 0.311 e. The molecule has 0 spiro atoms. The van der Waals surface area contributed by atoms with Crippen LogP contribution in [0.25, 0.3) is 0 Å². The Morgan fingerprint density at radius 2 is 2.11 bits per heavy atom. The van der Waals surface area contributed by atoms with Crippen LogP contribution in [-0.4, -0.2) is 61.4 Å². The Hall–Kier alpha value is -2.28. The standard InChI is InChI=1S/C20H27NO6/c1-3-8-27-16-6-5-14(10-17(16)26-4-2)18(22)21-11-15-12-25-9-7-20(15,13-21)19(23)24/h5-6,10,15H,3-4,7-9,11-13H2,1-2H3,(H,23,24)/t15-,20+/m0/s1. The summed E-state index contributed by atoms with van der Waals surface area (Å²) < 4.78 is 16.8. The Labute approximate surface area is 159 Å². The molecular formula is C20H27NO6. The zero-order chi connectivity index (χ0) is 19.4. The molecule has 0 saturated carbocycles. The minimum atomic E-state index is -0.902. The van der Waals surface area contributed by atoms with Crippen molar-refractivity contribution in [2.45, 2.75) is 26.7 Å². The predicted molar refractivity (Wildman–Crippen MR) is 98.3 cm³/mol. The molecule has 2 atom stereocenters. The van der Waals surface area contributed by atoms with E-state index < -0.39 is 11.4 Å². The van der Waals surface area contributed by atoms with Gasteiger partial charge in [0.15, 0.2) is 11.5 Å². The third-order valence-electron chi connectivity index (χ3n) is 5.37. The average molecular weight is 377 g/mol. The Bertz CT molecular complexity index is 706. The fourth-order valence-corrected chi connectivity index (χ4v) is 3.88. The number of hydrogen-bond acceptors (Lipinski definition) is 5. The number of hydrogen-bond donors (Lipinski definition) is 1. The molecule has 0 aliphatic carbocycles. The molecule has 2 aliphatic rings. The molecule has 0 aromatic heterocycles. The van der Waals surface area contributed by atoms with E-state index in [2.05, 4.69) is 0 Å². The maximum absolute atomic E-state index is 13.0. The van der Waals surface area contributed by atoms with Crippen LogP contribution in [0.5, 0.6) is 11.5 Å². The van der Waals surface area contributed by atoms with Crippen molar-refractivity contribution >= 4 is 11.9 Å².